The zero-order valence-electron chi connectivity index (χ0n) is 21.6. The Bertz CT molecular complexity index is 1540. The molecule has 2 N–H and O–H groups in total. The average molecular weight is 581 g/mol. The zero-order chi connectivity index (χ0) is 27.7. The van der Waals surface area contributed by atoms with E-state index >= 15 is 0 Å². The molecule has 7 nitrogen and oxygen atoms in total. The number of ether oxygens (including phenoxy) is 1. The van der Waals surface area contributed by atoms with E-state index in [1.165, 1.54) is 7.11 Å². The van der Waals surface area contributed by atoms with Gasteiger partial charge in [-0.05, 0) is 86.2 Å². The SMILES string of the molecule is COCC(=O)Nc1ccc(N2C(=S)N[C@@H](c3ccccn3)[C@H]2c2cc(C)n(-c3cccc(Cl)c3)c2C)cc1Cl. The van der Waals surface area contributed by atoms with Crippen LogP contribution in [0.25, 0.3) is 5.69 Å². The summed E-state index contributed by atoms with van der Waals surface area (Å²) in [7, 11) is 1.47. The Morgan fingerprint density at radius 3 is 2.59 bits per heavy atom. The fraction of sp³-hybridized carbons (Fsp3) is 0.207. The van der Waals surface area contributed by atoms with Crippen molar-refractivity contribution in [1.29, 1.82) is 0 Å². The summed E-state index contributed by atoms with van der Waals surface area (Å²) in [6.45, 7) is 4.11. The van der Waals surface area contributed by atoms with Gasteiger partial charge in [-0.2, -0.15) is 0 Å². The van der Waals surface area contributed by atoms with E-state index < -0.39 is 0 Å². The van der Waals surface area contributed by atoms with E-state index in [9.17, 15) is 4.79 Å². The first-order valence-corrected chi connectivity index (χ1v) is 13.5. The van der Waals surface area contributed by atoms with E-state index in [0.29, 0.717) is 20.8 Å². The van der Waals surface area contributed by atoms with Gasteiger partial charge in [0.2, 0.25) is 5.91 Å². The summed E-state index contributed by atoms with van der Waals surface area (Å²) < 4.78 is 7.10. The van der Waals surface area contributed by atoms with Crippen LogP contribution in [0.3, 0.4) is 0 Å². The van der Waals surface area contributed by atoms with Crippen LogP contribution in [0, 0.1) is 13.8 Å². The molecule has 39 heavy (non-hydrogen) atoms. The second-order valence-corrected chi connectivity index (χ2v) is 10.5. The zero-order valence-corrected chi connectivity index (χ0v) is 23.9. The third-order valence-electron chi connectivity index (χ3n) is 6.73. The highest BCUT2D eigenvalue weighted by atomic mass is 35.5. The van der Waals surface area contributed by atoms with Gasteiger partial charge in [0.1, 0.15) is 6.61 Å². The Balaban J connectivity index is 1.61. The molecule has 1 fully saturated rings. The highest BCUT2D eigenvalue weighted by Crippen LogP contribution is 2.44. The van der Waals surface area contributed by atoms with Gasteiger partial charge in [0.15, 0.2) is 5.11 Å². The second kappa shape index (κ2) is 11.4. The van der Waals surface area contributed by atoms with Crippen LogP contribution in [0.4, 0.5) is 11.4 Å². The van der Waals surface area contributed by atoms with E-state index in [0.717, 1.165) is 34.0 Å². The number of benzene rings is 2. The van der Waals surface area contributed by atoms with Gasteiger partial charge in [0.25, 0.3) is 0 Å². The number of anilines is 2. The number of nitrogens with one attached hydrogen (secondary N) is 2. The van der Waals surface area contributed by atoms with Gasteiger partial charge in [-0.3, -0.25) is 9.78 Å². The predicted molar refractivity (Wildman–Crippen MR) is 160 cm³/mol. The first-order valence-electron chi connectivity index (χ1n) is 12.3. The number of methoxy groups -OCH3 is 1. The fourth-order valence-electron chi connectivity index (χ4n) is 5.12. The summed E-state index contributed by atoms with van der Waals surface area (Å²) in [4.78, 5) is 18.8. The van der Waals surface area contributed by atoms with Crippen molar-refractivity contribution in [3.05, 3.63) is 106 Å². The van der Waals surface area contributed by atoms with Crippen LogP contribution in [0.5, 0.6) is 0 Å². The molecule has 10 heteroatoms. The molecule has 2 atom stereocenters. The molecule has 2 aromatic carbocycles. The van der Waals surface area contributed by atoms with E-state index in [1.54, 1.807) is 12.3 Å². The van der Waals surface area contributed by atoms with Gasteiger partial charge in [-0.15, -0.1) is 0 Å². The molecule has 5 rings (SSSR count). The van der Waals surface area contributed by atoms with Gasteiger partial charge in [0, 0.05) is 41.1 Å². The van der Waals surface area contributed by atoms with Crippen LogP contribution in [-0.2, 0) is 9.53 Å². The number of hydrogen-bond acceptors (Lipinski definition) is 4. The van der Waals surface area contributed by atoms with E-state index in [2.05, 4.69) is 45.0 Å². The summed E-state index contributed by atoms with van der Waals surface area (Å²) in [6, 6.07) is 20.9. The molecule has 1 aliphatic rings. The van der Waals surface area contributed by atoms with Crippen molar-refractivity contribution >= 4 is 57.8 Å². The van der Waals surface area contributed by atoms with Gasteiger partial charge in [-0.25, -0.2) is 0 Å². The topological polar surface area (TPSA) is 71.4 Å². The Hall–Kier alpha value is -3.43. The molecule has 1 saturated heterocycles. The Kier molecular flexibility index (Phi) is 7.91. The molecule has 0 radical (unpaired) electrons. The Morgan fingerprint density at radius 2 is 1.90 bits per heavy atom. The fourth-order valence-corrected chi connectivity index (χ4v) is 5.87. The van der Waals surface area contributed by atoms with Crippen molar-refractivity contribution < 1.29 is 9.53 Å². The van der Waals surface area contributed by atoms with E-state index in [1.807, 2.05) is 54.6 Å². The van der Waals surface area contributed by atoms with Crippen molar-refractivity contribution in [3.8, 4) is 5.69 Å². The lowest BCUT2D eigenvalue weighted by Gasteiger charge is -2.28. The number of amides is 1. The molecular formula is C29H27Cl2N5O2S. The molecule has 0 spiro atoms. The number of rotatable bonds is 7. The smallest absolute Gasteiger partial charge is 0.250 e. The summed E-state index contributed by atoms with van der Waals surface area (Å²) in [5.74, 6) is -0.285. The van der Waals surface area contributed by atoms with Crippen LogP contribution >= 0.6 is 35.4 Å². The molecule has 0 aliphatic carbocycles. The number of carbonyl (C=O) groups excluding carboxylic acids is 1. The minimum atomic E-state index is -0.285. The minimum absolute atomic E-state index is 0.0612. The molecule has 2 aromatic heterocycles. The number of thiocarbonyl (C=S) groups is 1. The van der Waals surface area contributed by atoms with Crippen molar-refractivity contribution in [3.63, 3.8) is 0 Å². The number of hydrogen-bond donors (Lipinski definition) is 2. The maximum absolute atomic E-state index is 12.1. The molecule has 200 valence electrons. The number of pyridine rings is 1. The highest BCUT2D eigenvalue weighted by Gasteiger charge is 2.42. The van der Waals surface area contributed by atoms with Gasteiger partial charge < -0.3 is 24.8 Å². The molecule has 1 amide bonds. The van der Waals surface area contributed by atoms with Crippen LogP contribution in [-0.4, -0.2) is 34.3 Å². The monoisotopic (exact) mass is 579 g/mol. The molecule has 1 aliphatic heterocycles. The minimum Gasteiger partial charge on any atom is -0.375 e. The number of nitrogens with zero attached hydrogens (tertiary/aromatic N) is 3. The summed E-state index contributed by atoms with van der Waals surface area (Å²) >= 11 is 18.8. The lowest BCUT2D eigenvalue weighted by molar-refractivity contribution is -0.119. The molecular weight excluding hydrogens is 553 g/mol. The number of aryl methyl sites for hydroxylation is 1. The molecule has 4 aromatic rings. The summed E-state index contributed by atoms with van der Waals surface area (Å²) in [6.07, 6.45) is 1.78. The largest absolute Gasteiger partial charge is 0.375 e. The number of aromatic nitrogens is 2. The Morgan fingerprint density at radius 1 is 1.08 bits per heavy atom. The maximum atomic E-state index is 12.1. The first kappa shape index (κ1) is 27.1. The van der Waals surface area contributed by atoms with Gasteiger partial charge >= 0.3 is 0 Å². The summed E-state index contributed by atoms with van der Waals surface area (Å²) in [5, 5.41) is 7.88. The number of halogens is 2. The van der Waals surface area contributed by atoms with Crippen LogP contribution < -0.4 is 15.5 Å². The third kappa shape index (κ3) is 5.38. The van der Waals surface area contributed by atoms with Crippen molar-refractivity contribution in [1.82, 2.24) is 14.9 Å². The second-order valence-electron chi connectivity index (χ2n) is 9.28. The van der Waals surface area contributed by atoms with Crippen LogP contribution in [0.1, 0.15) is 34.7 Å². The summed E-state index contributed by atoms with van der Waals surface area (Å²) in [5.41, 5.74) is 6.36. The molecule has 0 saturated carbocycles. The molecule has 0 unspecified atom stereocenters. The standard InChI is InChI=1S/C29H27Cl2N5O2S/c1-17-13-22(18(2)35(17)20-8-6-7-19(30)14-20)28-27(25-9-4-5-12-32-25)34-29(39)36(28)21-10-11-24(23(31)15-21)33-26(37)16-38-3/h4-15,27-28H,16H2,1-3H3,(H,33,37)(H,34,39)/t27-,28+/m0/s1. The van der Waals surface area contributed by atoms with Crippen molar-refractivity contribution in [2.75, 3.05) is 23.9 Å². The van der Waals surface area contributed by atoms with Crippen molar-refractivity contribution in [2.45, 2.75) is 25.9 Å². The lowest BCUT2D eigenvalue weighted by Crippen LogP contribution is -2.29. The predicted octanol–water partition coefficient (Wildman–Crippen LogP) is 6.56. The Labute approximate surface area is 242 Å². The van der Waals surface area contributed by atoms with Gasteiger partial charge in [0.05, 0.1) is 28.5 Å². The lowest BCUT2D eigenvalue weighted by atomic mass is 9.96. The van der Waals surface area contributed by atoms with E-state index in [-0.39, 0.29) is 24.6 Å². The quantitative estimate of drug-likeness (QED) is 0.242. The van der Waals surface area contributed by atoms with Gasteiger partial charge in [-0.1, -0.05) is 35.3 Å². The third-order valence-corrected chi connectivity index (χ3v) is 7.60. The first-order chi connectivity index (χ1) is 18.8. The maximum Gasteiger partial charge on any atom is 0.250 e. The molecule has 0 bridgehead atoms. The normalized spacial score (nSPS) is 16.8. The van der Waals surface area contributed by atoms with Crippen LogP contribution in [0.2, 0.25) is 10.0 Å². The van der Waals surface area contributed by atoms with Crippen LogP contribution in [0.15, 0.2) is 72.9 Å². The van der Waals surface area contributed by atoms with Crippen molar-refractivity contribution in [2.24, 2.45) is 0 Å². The highest BCUT2D eigenvalue weighted by molar-refractivity contribution is 7.80. The van der Waals surface area contributed by atoms with E-state index in [4.69, 9.17) is 40.2 Å². The average Bonchev–Trinajstić information content (AvgIpc) is 3.40. The molecule has 3 heterocycles. The number of carbonyl (C=O) groups is 1.